The van der Waals surface area contributed by atoms with Crippen molar-refractivity contribution in [3.8, 4) is 5.75 Å². The smallest absolute Gasteiger partial charge is 0.411 e. The van der Waals surface area contributed by atoms with Crippen LogP contribution in [0.4, 0.5) is 13.2 Å². The highest BCUT2D eigenvalue weighted by molar-refractivity contribution is 5.28. The van der Waals surface area contributed by atoms with Gasteiger partial charge >= 0.3 is 6.18 Å². The first kappa shape index (κ1) is 17.8. The number of hydrogen-bond donors (Lipinski definition) is 1. The van der Waals surface area contributed by atoms with E-state index in [1.807, 2.05) is 31.2 Å². The highest BCUT2D eigenvalue weighted by Gasteiger charge is 2.27. The fourth-order valence-corrected chi connectivity index (χ4v) is 2.01. The van der Waals surface area contributed by atoms with Gasteiger partial charge in [-0.15, -0.1) is 0 Å². The number of hydrogen-bond acceptors (Lipinski definition) is 3. The van der Waals surface area contributed by atoms with Crippen LogP contribution < -0.4 is 10.1 Å². The predicted octanol–water partition coefficient (Wildman–Crippen LogP) is 3.04. The largest absolute Gasteiger partial charge is 0.497 e. The Bertz CT molecular complexity index is 410. The van der Waals surface area contributed by atoms with Gasteiger partial charge in [-0.05, 0) is 36.6 Å². The Morgan fingerprint density at radius 1 is 1.29 bits per heavy atom. The first-order chi connectivity index (χ1) is 9.94. The summed E-state index contributed by atoms with van der Waals surface area (Å²) in [6.07, 6.45) is -3.64. The van der Waals surface area contributed by atoms with Gasteiger partial charge in [0.25, 0.3) is 0 Å². The molecule has 6 heteroatoms. The fourth-order valence-electron chi connectivity index (χ4n) is 2.01. The number of rotatable bonds is 9. The maximum Gasteiger partial charge on any atom is 0.411 e. The van der Waals surface area contributed by atoms with E-state index in [9.17, 15) is 13.2 Å². The minimum Gasteiger partial charge on any atom is -0.497 e. The Kier molecular flexibility index (Phi) is 7.53. The van der Waals surface area contributed by atoms with Crippen molar-refractivity contribution in [3.05, 3.63) is 29.8 Å². The maximum absolute atomic E-state index is 12.1. The molecule has 0 heterocycles. The zero-order valence-corrected chi connectivity index (χ0v) is 12.4. The highest BCUT2D eigenvalue weighted by Crippen LogP contribution is 2.18. The molecular weight excluding hydrogens is 283 g/mol. The predicted molar refractivity (Wildman–Crippen MR) is 75.6 cm³/mol. The Morgan fingerprint density at radius 2 is 2.05 bits per heavy atom. The Balaban J connectivity index is 2.55. The minimum atomic E-state index is -4.28. The standard InChI is InChI=1S/C15H22F3NO2/c1-3-19-9-13(10-21-11-15(16,17)18)7-12-5-4-6-14(8-12)20-2/h4-6,8,13,19H,3,7,9-11H2,1-2H3. The molecular formula is C15H22F3NO2. The van der Waals surface area contributed by atoms with Crippen molar-refractivity contribution in [1.82, 2.24) is 5.32 Å². The lowest BCUT2D eigenvalue weighted by Crippen LogP contribution is -2.29. The van der Waals surface area contributed by atoms with Gasteiger partial charge in [0.1, 0.15) is 12.4 Å². The third-order valence-electron chi connectivity index (χ3n) is 2.96. The van der Waals surface area contributed by atoms with Crippen LogP contribution >= 0.6 is 0 Å². The van der Waals surface area contributed by atoms with Gasteiger partial charge in [-0.25, -0.2) is 0 Å². The van der Waals surface area contributed by atoms with Crippen LogP contribution in [0.25, 0.3) is 0 Å². The van der Waals surface area contributed by atoms with Crippen LogP contribution in [0.3, 0.4) is 0 Å². The van der Waals surface area contributed by atoms with Crippen molar-refractivity contribution in [2.45, 2.75) is 19.5 Å². The van der Waals surface area contributed by atoms with Crippen LogP contribution in [0.15, 0.2) is 24.3 Å². The van der Waals surface area contributed by atoms with Crippen LogP contribution in [-0.2, 0) is 11.2 Å². The number of nitrogens with one attached hydrogen (secondary N) is 1. The molecule has 0 saturated carbocycles. The van der Waals surface area contributed by atoms with Gasteiger partial charge in [0.05, 0.1) is 13.7 Å². The van der Waals surface area contributed by atoms with Crippen LogP contribution in [0.5, 0.6) is 5.75 Å². The molecule has 0 saturated heterocycles. The van der Waals surface area contributed by atoms with Gasteiger partial charge < -0.3 is 14.8 Å². The van der Waals surface area contributed by atoms with Gasteiger partial charge in [0.2, 0.25) is 0 Å². The Morgan fingerprint density at radius 3 is 2.67 bits per heavy atom. The molecule has 0 aliphatic rings. The summed E-state index contributed by atoms with van der Waals surface area (Å²) in [7, 11) is 1.58. The topological polar surface area (TPSA) is 30.5 Å². The van der Waals surface area contributed by atoms with E-state index in [1.54, 1.807) is 7.11 Å². The number of alkyl halides is 3. The monoisotopic (exact) mass is 305 g/mol. The first-order valence-corrected chi connectivity index (χ1v) is 6.92. The van der Waals surface area contributed by atoms with Gasteiger partial charge in [-0.3, -0.25) is 0 Å². The molecule has 0 aliphatic carbocycles. The van der Waals surface area contributed by atoms with Gasteiger partial charge in [0, 0.05) is 6.54 Å². The average Bonchev–Trinajstić information content (AvgIpc) is 2.43. The molecule has 1 aromatic rings. The summed E-state index contributed by atoms with van der Waals surface area (Å²) in [5, 5.41) is 3.15. The molecule has 1 rings (SSSR count). The molecule has 1 aromatic carbocycles. The summed E-state index contributed by atoms with van der Waals surface area (Å²) >= 11 is 0. The number of benzene rings is 1. The molecule has 3 nitrogen and oxygen atoms in total. The fraction of sp³-hybridized carbons (Fsp3) is 0.600. The van der Waals surface area contributed by atoms with E-state index in [4.69, 9.17) is 9.47 Å². The van der Waals surface area contributed by atoms with Crippen molar-refractivity contribution in [3.63, 3.8) is 0 Å². The number of ether oxygens (including phenoxy) is 2. The van der Waals surface area contributed by atoms with E-state index < -0.39 is 12.8 Å². The molecule has 0 spiro atoms. The molecule has 0 fully saturated rings. The summed E-state index contributed by atoms with van der Waals surface area (Å²) in [4.78, 5) is 0. The van der Waals surface area contributed by atoms with Gasteiger partial charge in [0.15, 0.2) is 0 Å². The zero-order valence-electron chi connectivity index (χ0n) is 12.4. The van der Waals surface area contributed by atoms with Gasteiger partial charge in [-0.2, -0.15) is 13.2 Å². The normalized spacial score (nSPS) is 13.2. The molecule has 0 radical (unpaired) electrons. The third kappa shape index (κ3) is 7.92. The highest BCUT2D eigenvalue weighted by atomic mass is 19.4. The van der Waals surface area contributed by atoms with Crippen molar-refractivity contribution in [1.29, 1.82) is 0 Å². The van der Waals surface area contributed by atoms with Crippen molar-refractivity contribution < 1.29 is 22.6 Å². The Labute approximate surface area is 123 Å². The molecule has 0 aliphatic heterocycles. The SMILES string of the molecule is CCNCC(COCC(F)(F)F)Cc1cccc(OC)c1. The summed E-state index contributed by atoms with van der Waals surface area (Å²) in [6.45, 7) is 2.22. The second-order valence-corrected chi connectivity index (χ2v) is 4.86. The maximum atomic E-state index is 12.1. The van der Waals surface area contributed by atoms with E-state index in [1.165, 1.54) is 0 Å². The lowest BCUT2D eigenvalue weighted by atomic mass is 10.00. The molecule has 1 atom stereocenters. The second-order valence-electron chi connectivity index (χ2n) is 4.86. The van der Waals surface area contributed by atoms with Crippen LogP contribution in [0.1, 0.15) is 12.5 Å². The van der Waals surface area contributed by atoms with Crippen molar-refractivity contribution in [2.24, 2.45) is 5.92 Å². The second kappa shape index (κ2) is 8.89. The molecule has 1 unspecified atom stereocenters. The average molecular weight is 305 g/mol. The Hall–Kier alpha value is -1.27. The summed E-state index contributed by atoms with van der Waals surface area (Å²) in [6, 6.07) is 7.53. The van der Waals surface area contributed by atoms with E-state index >= 15 is 0 Å². The summed E-state index contributed by atoms with van der Waals surface area (Å²) < 4.78 is 46.3. The quantitative estimate of drug-likeness (QED) is 0.760. The lowest BCUT2D eigenvalue weighted by molar-refractivity contribution is -0.176. The van der Waals surface area contributed by atoms with Crippen LogP contribution in [0.2, 0.25) is 0 Å². The number of halogens is 3. The molecule has 0 bridgehead atoms. The lowest BCUT2D eigenvalue weighted by Gasteiger charge is -2.18. The van der Waals surface area contributed by atoms with E-state index in [-0.39, 0.29) is 12.5 Å². The van der Waals surface area contributed by atoms with Crippen LogP contribution in [-0.4, -0.2) is 39.6 Å². The van der Waals surface area contributed by atoms with Crippen molar-refractivity contribution in [2.75, 3.05) is 33.4 Å². The van der Waals surface area contributed by atoms with E-state index in [0.717, 1.165) is 17.9 Å². The minimum absolute atomic E-state index is 0.0144. The molecule has 120 valence electrons. The summed E-state index contributed by atoms with van der Waals surface area (Å²) in [5.74, 6) is 0.727. The molecule has 1 N–H and O–H groups in total. The van der Waals surface area contributed by atoms with E-state index in [0.29, 0.717) is 13.0 Å². The van der Waals surface area contributed by atoms with E-state index in [2.05, 4.69) is 5.32 Å². The van der Waals surface area contributed by atoms with Crippen molar-refractivity contribution >= 4 is 0 Å². The summed E-state index contributed by atoms with van der Waals surface area (Å²) in [5.41, 5.74) is 1.02. The molecule has 21 heavy (non-hydrogen) atoms. The zero-order chi connectivity index (χ0) is 15.7. The third-order valence-corrected chi connectivity index (χ3v) is 2.96. The molecule has 0 aromatic heterocycles. The first-order valence-electron chi connectivity index (χ1n) is 6.92. The van der Waals surface area contributed by atoms with Crippen LogP contribution in [0, 0.1) is 5.92 Å². The number of methoxy groups -OCH3 is 1. The molecule has 0 amide bonds. The van der Waals surface area contributed by atoms with Gasteiger partial charge in [-0.1, -0.05) is 19.1 Å².